The van der Waals surface area contributed by atoms with Gasteiger partial charge in [0.2, 0.25) is 5.91 Å². The van der Waals surface area contributed by atoms with Gasteiger partial charge in [-0.25, -0.2) is 4.79 Å². The number of nitrogens with zero attached hydrogens (tertiary/aromatic N) is 1. The molecule has 1 fully saturated rings. The molecule has 1 aromatic carbocycles. The molecule has 0 aliphatic carbocycles. The summed E-state index contributed by atoms with van der Waals surface area (Å²) in [6.45, 7) is 4.38. The number of amides is 1. The van der Waals surface area contributed by atoms with Gasteiger partial charge in [0, 0.05) is 12.5 Å². The average molecular weight is 349 g/mol. The van der Waals surface area contributed by atoms with Crippen LogP contribution in [0.25, 0.3) is 0 Å². The van der Waals surface area contributed by atoms with Crippen LogP contribution < -0.4 is 9.47 Å². The van der Waals surface area contributed by atoms with E-state index in [0.29, 0.717) is 36.8 Å². The highest BCUT2D eigenvalue weighted by atomic mass is 16.5. The van der Waals surface area contributed by atoms with Crippen molar-refractivity contribution in [1.82, 2.24) is 4.90 Å². The number of carboxylic acid groups (broad SMARTS) is 1. The summed E-state index contributed by atoms with van der Waals surface area (Å²) < 4.78 is 10.5. The lowest BCUT2D eigenvalue weighted by Gasteiger charge is -2.37. The van der Waals surface area contributed by atoms with Gasteiger partial charge in [0.15, 0.2) is 11.5 Å². The lowest BCUT2D eigenvalue weighted by atomic mass is 9.90. The van der Waals surface area contributed by atoms with Crippen LogP contribution in [0.3, 0.4) is 0 Å². The van der Waals surface area contributed by atoms with Crippen LogP contribution in [0.1, 0.15) is 32.3 Å². The van der Waals surface area contributed by atoms with Crippen molar-refractivity contribution in [3.63, 3.8) is 0 Å². The van der Waals surface area contributed by atoms with Crippen LogP contribution >= 0.6 is 0 Å². The van der Waals surface area contributed by atoms with Gasteiger partial charge < -0.3 is 19.5 Å². The number of methoxy groups -OCH3 is 2. The molecule has 3 unspecified atom stereocenters. The molecule has 1 heterocycles. The molecule has 1 aliphatic rings. The van der Waals surface area contributed by atoms with E-state index in [2.05, 4.69) is 0 Å². The molecule has 0 bridgehead atoms. The Bertz CT molecular complexity index is 630. The van der Waals surface area contributed by atoms with E-state index in [0.717, 1.165) is 12.0 Å². The topological polar surface area (TPSA) is 76.1 Å². The minimum absolute atomic E-state index is 0.103. The first kappa shape index (κ1) is 19.1. The van der Waals surface area contributed by atoms with Crippen molar-refractivity contribution in [3.8, 4) is 11.5 Å². The Labute approximate surface area is 148 Å². The van der Waals surface area contributed by atoms with Crippen LogP contribution in [0.5, 0.6) is 11.5 Å². The van der Waals surface area contributed by atoms with Gasteiger partial charge in [-0.2, -0.15) is 0 Å². The van der Waals surface area contributed by atoms with Gasteiger partial charge in [-0.05, 0) is 42.9 Å². The summed E-state index contributed by atoms with van der Waals surface area (Å²) in [6.07, 6.45) is 1.89. The van der Waals surface area contributed by atoms with E-state index in [9.17, 15) is 14.7 Å². The van der Waals surface area contributed by atoms with E-state index in [-0.39, 0.29) is 11.8 Å². The van der Waals surface area contributed by atoms with Crippen molar-refractivity contribution < 1.29 is 24.2 Å². The second kappa shape index (κ2) is 8.23. The SMILES string of the molecule is COc1ccc(CC(C)C(=O)N2CCC(C)CC2C(=O)O)cc1OC. The summed E-state index contributed by atoms with van der Waals surface area (Å²) in [6, 6.07) is 4.85. The highest BCUT2D eigenvalue weighted by molar-refractivity contribution is 5.85. The minimum atomic E-state index is -0.918. The van der Waals surface area contributed by atoms with Gasteiger partial charge >= 0.3 is 5.97 Å². The van der Waals surface area contributed by atoms with Crippen LogP contribution in [-0.2, 0) is 16.0 Å². The molecular formula is C19H27NO5. The number of aliphatic carboxylic acids is 1. The number of rotatable bonds is 6. The van der Waals surface area contributed by atoms with Gasteiger partial charge in [0.1, 0.15) is 6.04 Å². The van der Waals surface area contributed by atoms with Crippen molar-refractivity contribution in [2.75, 3.05) is 20.8 Å². The molecular weight excluding hydrogens is 322 g/mol. The number of benzene rings is 1. The standard InChI is InChI=1S/C19H27NO5/c1-12-7-8-20(15(9-12)19(22)23)18(21)13(2)10-14-5-6-16(24-3)17(11-14)25-4/h5-6,11-13,15H,7-10H2,1-4H3,(H,22,23). The predicted molar refractivity (Wildman–Crippen MR) is 93.9 cm³/mol. The van der Waals surface area contributed by atoms with Crippen molar-refractivity contribution in [2.24, 2.45) is 11.8 Å². The molecule has 138 valence electrons. The Kier molecular flexibility index (Phi) is 6.28. The molecule has 1 saturated heterocycles. The summed E-state index contributed by atoms with van der Waals surface area (Å²) in [5, 5.41) is 9.45. The highest BCUT2D eigenvalue weighted by Gasteiger charge is 2.36. The van der Waals surface area contributed by atoms with Crippen molar-refractivity contribution in [2.45, 2.75) is 39.2 Å². The molecule has 0 aromatic heterocycles. The fourth-order valence-corrected chi connectivity index (χ4v) is 3.37. The Balaban J connectivity index is 2.10. The maximum absolute atomic E-state index is 12.8. The summed E-state index contributed by atoms with van der Waals surface area (Å²) in [4.78, 5) is 25.9. The third-order valence-corrected chi connectivity index (χ3v) is 4.84. The first-order valence-electron chi connectivity index (χ1n) is 8.61. The van der Waals surface area contributed by atoms with Crippen molar-refractivity contribution in [1.29, 1.82) is 0 Å². The highest BCUT2D eigenvalue weighted by Crippen LogP contribution is 2.29. The van der Waals surface area contributed by atoms with Crippen molar-refractivity contribution >= 4 is 11.9 Å². The second-order valence-corrected chi connectivity index (χ2v) is 6.81. The Hall–Kier alpha value is -2.24. The van der Waals surface area contributed by atoms with Crippen LogP contribution in [0.15, 0.2) is 18.2 Å². The zero-order chi connectivity index (χ0) is 18.6. The van der Waals surface area contributed by atoms with E-state index in [1.54, 1.807) is 14.2 Å². The number of piperidine rings is 1. The number of carbonyl (C=O) groups excluding carboxylic acids is 1. The number of carbonyl (C=O) groups is 2. The Morgan fingerprint density at radius 1 is 1.28 bits per heavy atom. The fourth-order valence-electron chi connectivity index (χ4n) is 3.37. The number of hydrogen-bond acceptors (Lipinski definition) is 4. The zero-order valence-electron chi connectivity index (χ0n) is 15.3. The second-order valence-electron chi connectivity index (χ2n) is 6.81. The van der Waals surface area contributed by atoms with Crippen LogP contribution in [0.2, 0.25) is 0 Å². The molecule has 1 aromatic rings. The molecule has 0 spiro atoms. The number of ether oxygens (including phenoxy) is 2. The maximum Gasteiger partial charge on any atom is 0.326 e. The van der Waals surface area contributed by atoms with E-state index < -0.39 is 12.0 Å². The van der Waals surface area contributed by atoms with Gasteiger partial charge in [-0.15, -0.1) is 0 Å². The lowest BCUT2D eigenvalue weighted by Crippen LogP contribution is -2.51. The molecule has 3 atom stereocenters. The minimum Gasteiger partial charge on any atom is -0.493 e. The van der Waals surface area contributed by atoms with E-state index in [1.807, 2.05) is 32.0 Å². The van der Waals surface area contributed by atoms with E-state index in [4.69, 9.17) is 9.47 Å². The smallest absolute Gasteiger partial charge is 0.326 e. The summed E-state index contributed by atoms with van der Waals surface area (Å²) in [5.41, 5.74) is 0.954. The van der Waals surface area contributed by atoms with Gasteiger partial charge in [-0.3, -0.25) is 4.79 Å². The normalized spacial score (nSPS) is 21.5. The molecule has 1 N–H and O–H groups in total. The molecule has 0 radical (unpaired) electrons. The Morgan fingerprint density at radius 3 is 2.56 bits per heavy atom. The van der Waals surface area contributed by atoms with Crippen LogP contribution in [0, 0.1) is 11.8 Å². The number of hydrogen-bond donors (Lipinski definition) is 1. The fraction of sp³-hybridized carbons (Fsp3) is 0.579. The average Bonchev–Trinajstić information content (AvgIpc) is 2.60. The third-order valence-electron chi connectivity index (χ3n) is 4.84. The largest absolute Gasteiger partial charge is 0.493 e. The van der Waals surface area contributed by atoms with Gasteiger partial charge in [-0.1, -0.05) is 19.9 Å². The third kappa shape index (κ3) is 4.44. The van der Waals surface area contributed by atoms with Crippen LogP contribution in [-0.4, -0.2) is 48.7 Å². The monoisotopic (exact) mass is 349 g/mol. The zero-order valence-corrected chi connectivity index (χ0v) is 15.3. The summed E-state index contributed by atoms with van der Waals surface area (Å²) in [5.74, 6) is 0.267. The molecule has 0 saturated carbocycles. The molecule has 1 amide bonds. The predicted octanol–water partition coefficient (Wildman–Crippen LogP) is 2.59. The van der Waals surface area contributed by atoms with E-state index >= 15 is 0 Å². The number of carboxylic acids is 1. The van der Waals surface area contributed by atoms with Crippen LogP contribution in [0.4, 0.5) is 0 Å². The summed E-state index contributed by atoms with van der Waals surface area (Å²) in [7, 11) is 3.15. The first-order chi connectivity index (χ1) is 11.9. The quantitative estimate of drug-likeness (QED) is 0.854. The van der Waals surface area contributed by atoms with Gasteiger partial charge in [0.05, 0.1) is 14.2 Å². The molecule has 25 heavy (non-hydrogen) atoms. The first-order valence-corrected chi connectivity index (χ1v) is 8.61. The summed E-state index contributed by atoms with van der Waals surface area (Å²) >= 11 is 0. The van der Waals surface area contributed by atoms with Gasteiger partial charge in [0.25, 0.3) is 0 Å². The maximum atomic E-state index is 12.8. The number of likely N-dealkylation sites (tertiary alicyclic amines) is 1. The van der Waals surface area contributed by atoms with E-state index in [1.165, 1.54) is 4.90 Å². The Morgan fingerprint density at radius 2 is 1.96 bits per heavy atom. The van der Waals surface area contributed by atoms with Crippen molar-refractivity contribution in [3.05, 3.63) is 23.8 Å². The molecule has 1 aliphatic heterocycles. The molecule has 6 nitrogen and oxygen atoms in total. The molecule has 6 heteroatoms. The lowest BCUT2D eigenvalue weighted by molar-refractivity contribution is -0.154. The molecule has 2 rings (SSSR count).